The van der Waals surface area contributed by atoms with Crippen molar-refractivity contribution >= 4 is 22.8 Å². The molecule has 1 aromatic carbocycles. The lowest BCUT2D eigenvalue weighted by molar-refractivity contribution is 0.0601. The molecule has 1 aromatic rings. The van der Waals surface area contributed by atoms with Crippen LogP contribution in [0, 0.1) is 0 Å². The Hall–Kier alpha value is -3.09. The van der Waals surface area contributed by atoms with Gasteiger partial charge in [-0.2, -0.15) is 0 Å². The number of hydrogen-bond acceptors (Lipinski definition) is 7. The molecule has 0 saturated heterocycles. The quantitative estimate of drug-likeness (QED) is 0.538. The average Bonchev–Trinajstić information content (AvgIpc) is 2.58. The fraction of sp³-hybridized carbons (Fsp3) is 0.235. The van der Waals surface area contributed by atoms with Gasteiger partial charge in [0, 0.05) is 31.9 Å². The largest absolute Gasteiger partial charge is 0.490 e. The van der Waals surface area contributed by atoms with Crippen molar-refractivity contribution in [3.63, 3.8) is 0 Å². The highest BCUT2D eigenvalue weighted by Crippen LogP contribution is 2.34. The van der Waals surface area contributed by atoms with Crippen molar-refractivity contribution in [1.29, 1.82) is 0 Å². The van der Waals surface area contributed by atoms with Crippen LogP contribution in [0.1, 0.15) is 10.4 Å². The van der Waals surface area contributed by atoms with Crippen LogP contribution in [0.4, 0.5) is 5.69 Å². The first-order chi connectivity index (χ1) is 11.5. The van der Waals surface area contributed by atoms with E-state index in [2.05, 4.69) is 4.98 Å². The van der Waals surface area contributed by atoms with Crippen LogP contribution in [-0.4, -0.2) is 39.3 Å². The zero-order chi connectivity index (χ0) is 17.4. The minimum atomic E-state index is -0.660. The smallest absolute Gasteiger partial charge is 0.340 e. The van der Waals surface area contributed by atoms with E-state index in [-0.39, 0.29) is 22.8 Å². The third-order valence-corrected chi connectivity index (χ3v) is 3.69. The normalized spacial score (nSPS) is 10.8. The van der Waals surface area contributed by atoms with Crippen molar-refractivity contribution in [1.82, 2.24) is 4.98 Å². The van der Waals surface area contributed by atoms with Gasteiger partial charge >= 0.3 is 5.97 Å². The first-order valence-corrected chi connectivity index (χ1v) is 7.17. The molecule has 7 nitrogen and oxygen atoms in total. The SMILES string of the molecule is COC(=O)c1cc(=O)c(OC)c2oc3cc(N(C)C)ccc3nc1-2. The zero-order valence-electron chi connectivity index (χ0n) is 13.7. The summed E-state index contributed by atoms with van der Waals surface area (Å²) < 4.78 is 15.7. The van der Waals surface area contributed by atoms with Crippen LogP contribution in [0.3, 0.4) is 0 Å². The lowest BCUT2D eigenvalue weighted by atomic mass is 10.1. The summed E-state index contributed by atoms with van der Waals surface area (Å²) in [6.45, 7) is 0. The van der Waals surface area contributed by atoms with Crippen LogP contribution in [0.25, 0.3) is 22.6 Å². The third kappa shape index (κ3) is 2.44. The second-order valence-corrected chi connectivity index (χ2v) is 5.39. The van der Waals surface area contributed by atoms with E-state index in [0.717, 1.165) is 11.8 Å². The predicted octanol–water partition coefficient (Wildman–Crippen LogP) is 2.15. The second kappa shape index (κ2) is 5.84. The number of aromatic nitrogens is 1. The lowest BCUT2D eigenvalue weighted by Crippen LogP contribution is -2.15. The molecule has 0 unspecified atom stereocenters. The number of methoxy groups -OCH3 is 2. The molecule has 0 atom stereocenters. The summed E-state index contributed by atoms with van der Waals surface area (Å²) in [4.78, 5) is 30.5. The van der Waals surface area contributed by atoms with Crippen molar-refractivity contribution in [2.45, 2.75) is 0 Å². The zero-order valence-corrected chi connectivity index (χ0v) is 13.7. The van der Waals surface area contributed by atoms with Crippen LogP contribution in [0.5, 0.6) is 5.75 Å². The molecule has 0 spiro atoms. The van der Waals surface area contributed by atoms with Crippen molar-refractivity contribution in [2.24, 2.45) is 0 Å². The molecule has 0 fully saturated rings. The van der Waals surface area contributed by atoms with Crippen LogP contribution in [0.2, 0.25) is 0 Å². The summed E-state index contributed by atoms with van der Waals surface area (Å²) >= 11 is 0. The summed E-state index contributed by atoms with van der Waals surface area (Å²) in [6, 6.07) is 6.62. The second-order valence-electron chi connectivity index (χ2n) is 5.39. The molecule has 0 N–H and O–H groups in total. The molecule has 0 radical (unpaired) electrons. The van der Waals surface area contributed by atoms with E-state index in [9.17, 15) is 9.59 Å². The van der Waals surface area contributed by atoms with E-state index in [4.69, 9.17) is 13.9 Å². The van der Waals surface area contributed by atoms with Gasteiger partial charge in [-0.1, -0.05) is 0 Å². The highest BCUT2D eigenvalue weighted by Gasteiger charge is 2.26. The third-order valence-electron chi connectivity index (χ3n) is 3.69. The van der Waals surface area contributed by atoms with Crippen molar-refractivity contribution in [2.75, 3.05) is 33.2 Å². The highest BCUT2D eigenvalue weighted by molar-refractivity contribution is 5.98. The number of carbonyl (C=O) groups is 1. The molecule has 124 valence electrons. The Morgan fingerprint density at radius 3 is 2.58 bits per heavy atom. The molecule has 1 heterocycles. The molecule has 0 amide bonds. The molecular formula is C17H16N2O5. The molecule has 1 aliphatic heterocycles. The summed E-state index contributed by atoms with van der Waals surface area (Å²) in [6.07, 6.45) is 0. The Labute approximate surface area is 137 Å². The summed E-state index contributed by atoms with van der Waals surface area (Å²) in [5, 5.41) is 0. The Bertz CT molecular complexity index is 961. The number of ether oxygens (including phenoxy) is 2. The molecule has 1 aliphatic carbocycles. The van der Waals surface area contributed by atoms with Crippen LogP contribution in [0.15, 0.2) is 33.5 Å². The van der Waals surface area contributed by atoms with E-state index >= 15 is 0 Å². The monoisotopic (exact) mass is 328 g/mol. The Balaban J connectivity index is 2.41. The predicted molar refractivity (Wildman–Crippen MR) is 89.1 cm³/mol. The van der Waals surface area contributed by atoms with E-state index in [1.165, 1.54) is 14.2 Å². The molecule has 7 heteroatoms. The molecule has 0 saturated carbocycles. The number of anilines is 1. The Morgan fingerprint density at radius 1 is 1.21 bits per heavy atom. The van der Waals surface area contributed by atoms with Crippen LogP contribution in [-0.2, 0) is 4.74 Å². The Kier molecular flexibility index (Phi) is 3.84. The number of nitrogens with zero attached hydrogens (tertiary/aromatic N) is 2. The van der Waals surface area contributed by atoms with Crippen molar-refractivity contribution in [3.8, 4) is 17.2 Å². The molecule has 0 bridgehead atoms. The number of carbonyl (C=O) groups excluding carboxylic acids is 1. The molecule has 24 heavy (non-hydrogen) atoms. The van der Waals surface area contributed by atoms with Gasteiger partial charge in [0.2, 0.25) is 11.2 Å². The maximum Gasteiger partial charge on any atom is 0.340 e. The number of esters is 1. The van der Waals surface area contributed by atoms with Gasteiger partial charge in [-0.05, 0) is 12.1 Å². The fourth-order valence-electron chi connectivity index (χ4n) is 2.46. The minimum absolute atomic E-state index is 0.00214. The summed E-state index contributed by atoms with van der Waals surface area (Å²) in [7, 11) is 6.41. The average molecular weight is 328 g/mol. The Morgan fingerprint density at radius 2 is 1.96 bits per heavy atom. The van der Waals surface area contributed by atoms with Crippen molar-refractivity contribution < 1.29 is 18.7 Å². The molecule has 0 aromatic heterocycles. The maximum atomic E-state index is 12.2. The van der Waals surface area contributed by atoms with E-state index in [1.54, 1.807) is 12.1 Å². The van der Waals surface area contributed by atoms with E-state index in [1.807, 2.05) is 25.1 Å². The van der Waals surface area contributed by atoms with Gasteiger partial charge in [-0.3, -0.25) is 4.79 Å². The molecule has 2 aliphatic rings. The topological polar surface area (TPSA) is 81.9 Å². The van der Waals surface area contributed by atoms with Gasteiger partial charge in [0.15, 0.2) is 11.3 Å². The lowest BCUT2D eigenvalue weighted by Gasteiger charge is -2.15. The van der Waals surface area contributed by atoms with Gasteiger partial charge in [0.05, 0.1) is 19.8 Å². The standard InChI is InChI=1S/C17H16N2O5/c1-19(2)9-5-6-11-13(7-9)24-16-14(18-11)10(17(21)23-4)8-12(20)15(16)22-3/h5-8H,1-4H3. The summed E-state index contributed by atoms with van der Waals surface area (Å²) in [5.41, 5.74) is 1.74. The van der Waals surface area contributed by atoms with Gasteiger partial charge < -0.3 is 18.8 Å². The van der Waals surface area contributed by atoms with Gasteiger partial charge in [-0.25, -0.2) is 9.78 Å². The number of hydrogen-bond donors (Lipinski definition) is 0. The van der Waals surface area contributed by atoms with Gasteiger partial charge in [0.1, 0.15) is 11.2 Å². The number of fused-ring (bicyclic) bond motifs is 2. The highest BCUT2D eigenvalue weighted by atomic mass is 16.5. The molecule has 3 rings (SSSR count). The fourth-order valence-corrected chi connectivity index (χ4v) is 2.46. The van der Waals surface area contributed by atoms with Crippen molar-refractivity contribution in [3.05, 3.63) is 40.1 Å². The van der Waals surface area contributed by atoms with E-state index in [0.29, 0.717) is 11.1 Å². The minimum Gasteiger partial charge on any atom is -0.490 e. The van der Waals surface area contributed by atoms with E-state index < -0.39 is 11.4 Å². The number of benzene rings is 2. The first-order valence-electron chi connectivity index (χ1n) is 7.17. The molecular weight excluding hydrogens is 312 g/mol. The number of rotatable bonds is 3. The maximum absolute atomic E-state index is 12.2. The first kappa shape index (κ1) is 15.8. The van der Waals surface area contributed by atoms with Gasteiger partial charge in [0.25, 0.3) is 0 Å². The van der Waals surface area contributed by atoms with Gasteiger partial charge in [-0.15, -0.1) is 0 Å². The summed E-state index contributed by atoms with van der Waals surface area (Å²) in [5.74, 6) is -0.539. The van der Waals surface area contributed by atoms with Crippen LogP contribution >= 0.6 is 0 Å². The van der Waals surface area contributed by atoms with Crippen LogP contribution < -0.4 is 15.1 Å².